The van der Waals surface area contributed by atoms with Gasteiger partial charge in [-0.25, -0.2) is 4.98 Å². The fraction of sp³-hybridized carbons (Fsp3) is 0.125. The lowest BCUT2D eigenvalue weighted by Gasteiger charge is -1.94. The zero-order valence-electron chi connectivity index (χ0n) is 6.14. The van der Waals surface area contributed by atoms with Gasteiger partial charge < -0.3 is 4.98 Å². The fourth-order valence-electron chi connectivity index (χ4n) is 1.17. The van der Waals surface area contributed by atoms with E-state index in [1.165, 1.54) is 0 Å². The van der Waals surface area contributed by atoms with Gasteiger partial charge in [-0.3, -0.25) is 0 Å². The van der Waals surface area contributed by atoms with Crippen molar-refractivity contribution in [3.63, 3.8) is 0 Å². The molecule has 0 amide bonds. The third-order valence-corrected chi connectivity index (χ3v) is 2.49. The van der Waals surface area contributed by atoms with Crippen LogP contribution in [0, 0.1) is 0 Å². The molecule has 4 heteroatoms. The van der Waals surface area contributed by atoms with Gasteiger partial charge in [-0.15, -0.1) is 0 Å². The Balaban J connectivity index is 2.78. The predicted octanol–water partition coefficient (Wildman–Crippen LogP) is 3.11. The first-order valence-electron chi connectivity index (χ1n) is 3.50. The Bertz CT molecular complexity index is 410. The van der Waals surface area contributed by atoms with E-state index in [-0.39, 0.29) is 0 Å². The van der Waals surface area contributed by atoms with E-state index < -0.39 is 0 Å². The molecule has 12 heavy (non-hydrogen) atoms. The number of para-hydroxylation sites is 1. The van der Waals surface area contributed by atoms with Crippen molar-refractivity contribution in [1.29, 1.82) is 0 Å². The molecule has 0 fully saturated rings. The van der Waals surface area contributed by atoms with Crippen molar-refractivity contribution >= 4 is 38.6 Å². The van der Waals surface area contributed by atoms with Crippen molar-refractivity contribution in [3.05, 3.63) is 29.0 Å². The molecule has 1 N–H and O–H groups in total. The third-order valence-electron chi connectivity index (χ3n) is 1.71. The largest absolute Gasteiger partial charge is 0.329 e. The molecule has 0 aliphatic rings. The Kier molecular flexibility index (Phi) is 2.07. The van der Waals surface area contributed by atoms with Crippen molar-refractivity contribution in [2.75, 3.05) is 0 Å². The minimum atomic E-state index is 0.443. The first-order valence-corrected chi connectivity index (χ1v) is 5.00. The van der Waals surface area contributed by atoms with Crippen molar-refractivity contribution in [2.45, 2.75) is 5.33 Å². The maximum absolute atomic E-state index is 5.73. The number of aromatic amines is 1. The maximum Gasteiger partial charge on any atom is 0.201 e. The topological polar surface area (TPSA) is 28.7 Å². The lowest BCUT2D eigenvalue weighted by molar-refractivity contribution is 1.33. The van der Waals surface area contributed by atoms with Crippen LogP contribution in [0.2, 0.25) is 5.28 Å². The highest BCUT2D eigenvalue weighted by Crippen LogP contribution is 2.20. The smallest absolute Gasteiger partial charge is 0.201 e. The quantitative estimate of drug-likeness (QED) is 0.769. The van der Waals surface area contributed by atoms with E-state index in [1.54, 1.807) is 0 Å². The van der Waals surface area contributed by atoms with Crippen molar-refractivity contribution < 1.29 is 0 Å². The molecular weight excluding hydrogens is 239 g/mol. The molecule has 0 unspecified atom stereocenters. The number of halogens is 2. The highest BCUT2D eigenvalue weighted by Gasteiger charge is 2.03. The number of fused-ring (bicyclic) bond motifs is 1. The Morgan fingerprint density at radius 3 is 3.08 bits per heavy atom. The molecule has 0 aliphatic carbocycles. The molecule has 0 spiro atoms. The molecule has 0 radical (unpaired) electrons. The molecule has 1 heterocycles. The van der Waals surface area contributed by atoms with E-state index in [0.717, 1.165) is 21.9 Å². The summed E-state index contributed by atoms with van der Waals surface area (Å²) in [6.07, 6.45) is 0. The maximum atomic E-state index is 5.73. The number of H-pyrrole nitrogens is 1. The second-order valence-corrected chi connectivity index (χ2v) is 3.39. The summed E-state index contributed by atoms with van der Waals surface area (Å²) in [5.74, 6) is 0. The van der Waals surface area contributed by atoms with Gasteiger partial charge in [-0.1, -0.05) is 28.1 Å². The van der Waals surface area contributed by atoms with Gasteiger partial charge in [0, 0.05) is 5.33 Å². The molecule has 1 aromatic carbocycles. The van der Waals surface area contributed by atoms with E-state index in [1.807, 2.05) is 18.2 Å². The first kappa shape index (κ1) is 8.08. The summed E-state index contributed by atoms with van der Waals surface area (Å²) < 4.78 is 0. The number of rotatable bonds is 1. The first-order chi connectivity index (χ1) is 5.81. The summed E-state index contributed by atoms with van der Waals surface area (Å²) in [6.45, 7) is 0. The number of aromatic nitrogens is 2. The van der Waals surface area contributed by atoms with Gasteiger partial charge in [0.2, 0.25) is 5.28 Å². The van der Waals surface area contributed by atoms with E-state index in [2.05, 4.69) is 25.9 Å². The normalized spacial score (nSPS) is 10.8. The van der Waals surface area contributed by atoms with Crippen LogP contribution >= 0.6 is 27.5 Å². The zero-order valence-corrected chi connectivity index (χ0v) is 8.48. The van der Waals surface area contributed by atoms with E-state index in [4.69, 9.17) is 11.6 Å². The van der Waals surface area contributed by atoms with Gasteiger partial charge in [0.15, 0.2) is 0 Å². The second-order valence-electron chi connectivity index (χ2n) is 2.47. The van der Waals surface area contributed by atoms with Crippen LogP contribution < -0.4 is 0 Å². The number of benzene rings is 1. The Labute approximate surface area is 83.1 Å². The minimum absolute atomic E-state index is 0.443. The average Bonchev–Trinajstić information content (AvgIpc) is 2.44. The van der Waals surface area contributed by atoms with Crippen LogP contribution in [0.15, 0.2) is 18.2 Å². The third kappa shape index (κ3) is 1.23. The number of nitrogens with zero attached hydrogens (tertiary/aromatic N) is 1. The van der Waals surface area contributed by atoms with Gasteiger partial charge >= 0.3 is 0 Å². The predicted molar refractivity (Wildman–Crippen MR) is 53.7 cm³/mol. The number of hydrogen-bond donors (Lipinski definition) is 1. The van der Waals surface area contributed by atoms with Crippen molar-refractivity contribution in [1.82, 2.24) is 9.97 Å². The van der Waals surface area contributed by atoms with Crippen LogP contribution in [0.5, 0.6) is 0 Å². The van der Waals surface area contributed by atoms with Gasteiger partial charge in [-0.05, 0) is 23.2 Å². The van der Waals surface area contributed by atoms with Crippen LogP contribution in [0.1, 0.15) is 5.56 Å². The number of nitrogens with one attached hydrogen (secondary N) is 1. The molecule has 0 atom stereocenters. The molecular formula is C8H6BrClN2. The summed E-state index contributed by atoms with van der Waals surface area (Å²) in [4.78, 5) is 7.13. The van der Waals surface area contributed by atoms with Gasteiger partial charge in [-0.2, -0.15) is 0 Å². The number of imidazole rings is 1. The molecule has 2 nitrogen and oxygen atoms in total. The zero-order chi connectivity index (χ0) is 8.55. The van der Waals surface area contributed by atoms with Crippen LogP contribution in [0.3, 0.4) is 0 Å². The molecule has 0 bridgehead atoms. The Hall–Kier alpha value is -0.540. The SMILES string of the molecule is Clc1nc2c(CBr)cccc2[nH]1. The second kappa shape index (κ2) is 3.07. The van der Waals surface area contributed by atoms with Gasteiger partial charge in [0.25, 0.3) is 0 Å². The van der Waals surface area contributed by atoms with E-state index in [9.17, 15) is 0 Å². The molecule has 62 valence electrons. The Morgan fingerprint density at radius 2 is 2.33 bits per heavy atom. The van der Waals surface area contributed by atoms with Crippen LogP contribution in [-0.2, 0) is 5.33 Å². The van der Waals surface area contributed by atoms with E-state index >= 15 is 0 Å². The molecule has 0 saturated heterocycles. The highest BCUT2D eigenvalue weighted by molar-refractivity contribution is 9.08. The highest BCUT2D eigenvalue weighted by atomic mass is 79.9. The molecule has 0 saturated carbocycles. The summed E-state index contributed by atoms with van der Waals surface area (Å²) >= 11 is 9.12. The number of alkyl halides is 1. The lowest BCUT2D eigenvalue weighted by Crippen LogP contribution is -1.79. The molecule has 2 aromatic rings. The van der Waals surface area contributed by atoms with Gasteiger partial charge in [0.1, 0.15) is 0 Å². The van der Waals surface area contributed by atoms with Crippen LogP contribution in [0.4, 0.5) is 0 Å². The van der Waals surface area contributed by atoms with Crippen molar-refractivity contribution in [2.24, 2.45) is 0 Å². The molecule has 1 aromatic heterocycles. The average molecular weight is 246 g/mol. The van der Waals surface area contributed by atoms with E-state index in [0.29, 0.717) is 5.28 Å². The summed E-state index contributed by atoms with van der Waals surface area (Å²) in [5.41, 5.74) is 3.08. The summed E-state index contributed by atoms with van der Waals surface area (Å²) in [6, 6.07) is 5.96. The van der Waals surface area contributed by atoms with Gasteiger partial charge in [0.05, 0.1) is 11.0 Å². The van der Waals surface area contributed by atoms with Crippen LogP contribution in [0.25, 0.3) is 11.0 Å². The van der Waals surface area contributed by atoms with Crippen molar-refractivity contribution in [3.8, 4) is 0 Å². The minimum Gasteiger partial charge on any atom is -0.329 e. The lowest BCUT2D eigenvalue weighted by atomic mass is 10.2. The fourth-order valence-corrected chi connectivity index (χ4v) is 1.81. The summed E-state index contributed by atoms with van der Waals surface area (Å²) in [5, 5.41) is 1.24. The Morgan fingerprint density at radius 1 is 1.50 bits per heavy atom. The molecule has 0 aliphatic heterocycles. The standard InChI is InChI=1S/C8H6BrClN2/c9-4-5-2-1-3-6-7(5)12-8(10)11-6/h1-3H,4H2,(H,11,12). The summed E-state index contributed by atoms with van der Waals surface area (Å²) in [7, 11) is 0. The van der Waals surface area contributed by atoms with Crippen LogP contribution in [-0.4, -0.2) is 9.97 Å². The molecule has 2 rings (SSSR count). The number of hydrogen-bond acceptors (Lipinski definition) is 1. The monoisotopic (exact) mass is 244 g/mol.